The van der Waals surface area contributed by atoms with Crippen LogP contribution in [0.3, 0.4) is 0 Å². The summed E-state index contributed by atoms with van der Waals surface area (Å²) in [7, 11) is -3.45. The summed E-state index contributed by atoms with van der Waals surface area (Å²) in [5.41, 5.74) is 0. The second-order valence-electron chi connectivity index (χ2n) is 5.99. The lowest BCUT2D eigenvalue weighted by Crippen LogP contribution is -2.45. The lowest BCUT2D eigenvalue weighted by Gasteiger charge is -2.37. The van der Waals surface area contributed by atoms with Crippen molar-refractivity contribution in [3.8, 4) is 0 Å². The lowest BCUT2D eigenvalue weighted by molar-refractivity contribution is 0.188. The monoisotopic (exact) mass is 285 g/mol. The Morgan fingerprint density at radius 3 is 2.74 bits per heavy atom. The molecule has 0 saturated heterocycles. The summed E-state index contributed by atoms with van der Waals surface area (Å²) in [6.45, 7) is 6.52. The SMILES string of the molecule is CC1CCC(C(C)C)C(NS(=O)(=O)c2cn[nH]c2)C1. The summed E-state index contributed by atoms with van der Waals surface area (Å²) >= 11 is 0. The Morgan fingerprint density at radius 1 is 1.42 bits per heavy atom. The third-order valence-corrected chi connectivity index (χ3v) is 5.57. The summed E-state index contributed by atoms with van der Waals surface area (Å²) in [6.07, 6.45) is 5.96. The van der Waals surface area contributed by atoms with Crippen LogP contribution in [0.25, 0.3) is 0 Å². The highest BCUT2D eigenvalue weighted by Gasteiger charge is 2.33. The van der Waals surface area contributed by atoms with E-state index in [-0.39, 0.29) is 10.9 Å². The summed E-state index contributed by atoms with van der Waals surface area (Å²) in [5, 5.41) is 6.25. The van der Waals surface area contributed by atoms with E-state index in [9.17, 15) is 8.42 Å². The molecule has 1 aliphatic carbocycles. The molecule has 0 spiro atoms. The zero-order chi connectivity index (χ0) is 14.0. The van der Waals surface area contributed by atoms with Gasteiger partial charge in [0.15, 0.2) is 0 Å². The molecule has 0 aliphatic heterocycles. The smallest absolute Gasteiger partial charge is 0.243 e. The molecule has 2 rings (SSSR count). The van der Waals surface area contributed by atoms with Crippen molar-refractivity contribution in [1.29, 1.82) is 0 Å². The van der Waals surface area contributed by atoms with Crippen LogP contribution in [-0.2, 0) is 10.0 Å². The molecule has 3 unspecified atom stereocenters. The van der Waals surface area contributed by atoms with Crippen molar-refractivity contribution in [3.63, 3.8) is 0 Å². The number of nitrogens with zero attached hydrogens (tertiary/aromatic N) is 1. The fourth-order valence-electron chi connectivity index (χ4n) is 2.99. The molecule has 19 heavy (non-hydrogen) atoms. The number of hydrogen-bond donors (Lipinski definition) is 2. The van der Waals surface area contributed by atoms with Gasteiger partial charge in [-0.25, -0.2) is 13.1 Å². The first kappa shape index (κ1) is 14.5. The Morgan fingerprint density at radius 2 is 2.16 bits per heavy atom. The van der Waals surface area contributed by atoms with Gasteiger partial charge in [0.05, 0.1) is 6.20 Å². The molecule has 1 aromatic rings. The zero-order valence-electron chi connectivity index (χ0n) is 11.8. The van der Waals surface area contributed by atoms with Crippen molar-refractivity contribution in [2.45, 2.75) is 51.0 Å². The van der Waals surface area contributed by atoms with E-state index in [2.05, 4.69) is 35.7 Å². The van der Waals surface area contributed by atoms with Gasteiger partial charge < -0.3 is 0 Å². The highest BCUT2D eigenvalue weighted by Crippen LogP contribution is 2.34. The molecule has 2 N–H and O–H groups in total. The van der Waals surface area contributed by atoms with Crippen molar-refractivity contribution >= 4 is 10.0 Å². The van der Waals surface area contributed by atoms with E-state index in [4.69, 9.17) is 0 Å². The standard InChI is InChI=1S/C13H23N3O2S/c1-9(2)12-5-4-10(3)6-13(12)16-19(17,18)11-7-14-15-8-11/h7-10,12-13,16H,4-6H2,1-3H3,(H,14,15). The number of hydrogen-bond acceptors (Lipinski definition) is 3. The molecule has 6 heteroatoms. The highest BCUT2D eigenvalue weighted by molar-refractivity contribution is 7.89. The van der Waals surface area contributed by atoms with Crippen LogP contribution in [0.15, 0.2) is 17.3 Å². The summed E-state index contributed by atoms with van der Waals surface area (Å²) in [5.74, 6) is 1.48. The number of rotatable bonds is 4. The molecule has 1 heterocycles. The number of nitrogens with one attached hydrogen (secondary N) is 2. The van der Waals surface area contributed by atoms with Gasteiger partial charge in [0, 0.05) is 12.2 Å². The van der Waals surface area contributed by atoms with Crippen molar-refractivity contribution in [1.82, 2.24) is 14.9 Å². The van der Waals surface area contributed by atoms with Gasteiger partial charge in [-0.3, -0.25) is 5.10 Å². The quantitative estimate of drug-likeness (QED) is 0.890. The van der Waals surface area contributed by atoms with Crippen molar-refractivity contribution in [2.75, 3.05) is 0 Å². The van der Waals surface area contributed by atoms with E-state index in [1.807, 2.05) is 0 Å². The van der Waals surface area contributed by atoms with E-state index in [1.54, 1.807) is 0 Å². The Bertz CT molecular complexity index is 496. The minimum absolute atomic E-state index is 0.0312. The van der Waals surface area contributed by atoms with Gasteiger partial charge in [-0.15, -0.1) is 0 Å². The molecule has 5 nitrogen and oxygen atoms in total. The van der Waals surface area contributed by atoms with Crippen LogP contribution in [0, 0.1) is 17.8 Å². The number of sulfonamides is 1. The molecular weight excluding hydrogens is 262 g/mol. The van der Waals surface area contributed by atoms with Gasteiger partial charge >= 0.3 is 0 Å². The molecule has 1 saturated carbocycles. The van der Waals surface area contributed by atoms with E-state index < -0.39 is 10.0 Å². The number of aromatic nitrogens is 2. The molecule has 0 bridgehead atoms. The van der Waals surface area contributed by atoms with Crippen molar-refractivity contribution in [3.05, 3.63) is 12.4 Å². The van der Waals surface area contributed by atoms with Crippen molar-refractivity contribution in [2.24, 2.45) is 17.8 Å². The molecule has 3 atom stereocenters. The summed E-state index contributed by atoms with van der Waals surface area (Å²) in [4.78, 5) is 0.216. The first-order chi connectivity index (χ1) is 8.90. The van der Waals surface area contributed by atoms with Crippen LogP contribution in [0.1, 0.15) is 40.0 Å². The third kappa shape index (κ3) is 3.36. The predicted octanol–water partition coefficient (Wildman–Crippen LogP) is 2.15. The second kappa shape index (κ2) is 5.63. The maximum atomic E-state index is 12.3. The molecule has 1 aliphatic rings. The fraction of sp³-hybridized carbons (Fsp3) is 0.769. The Hall–Kier alpha value is -0.880. The minimum Gasteiger partial charge on any atom is -0.284 e. The summed E-state index contributed by atoms with van der Waals surface area (Å²) in [6, 6.07) is 0.0312. The second-order valence-corrected chi connectivity index (χ2v) is 7.70. The minimum atomic E-state index is -3.45. The molecule has 1 aromatic heterocycles. The molecular formula is C13H23N3O2S. The number of aromatic amines is 1. The first-order valence-electron chi connectivity index (χ1n) is 6.91. The highest BCUT2D eigenvalue weighted by atomic mass is 32.2. The zero-order valence-corrected chi connectivity index (χ0v) is 12.6. The summed E-state index contributed by atoms with van der Waals surface area (Å²) < 4.78 is 27.4. The normalized spacial score (nSPS) is 28.7. The predicted molar refractivity (Wildman–Crippen MR) is 74.0 cm³/mol. The van der Waals surface area contributed by atoms with Crippen molar-refractivity contribution < 1.29 is 8.42 Å². The van der Waals surface area contributed by atoms with E-state index in [0.29, 0.717) is 17.8 Å². The lowest BCUT2D eigenvalue weighted by atomic mass is 9.74. The molecule has 0 amide bonds. The topological polar surface area (TPSA) is 74.8 Å². The van der Waals surface area contributed by atoms with E-state index in [1.165, 1.54) is 18.8 Å². The fourth-order valence-corrected chi connectivity index (χ4v) is 4.20. The van der Waals surface area contributed by atoms with Gasteiger partial charge in [-0.2, -0.15) is 5.10 Å². The molecule has 1 fully saturated rings. The van der Waals surface area contributed by atoms with Gasteiger partial charge in [-0.05, 0) is 30.6 Å². The van der Waals surface area contributed by atoms with E-state index >= 15 is 0 Å². The van der Waals surface area contributed by atoms with Gasteiger partial charge in [0.25, 0.3) is 0 Å². The maximum absolute atomic E-state index is 12.3. The van der Waals surface area contributed by atoms with Gasteiger partial charge in [0.2, 0.25) is 10.0 Å². The van der Waals surface area contributed by atoms with Gasteiger partial charge in [-0.1, -0.05) is 27.2 Å². The first-order valence-corrected chi connectivity index (χ1v) is 8.39. The average molecular weight is 285 g/mol. The number of H-pyrrole nitrogens is 1. The Balaban J connectivity index is 2.15. The Kier molecular flexibility index (Phi) is 4.30. The van der Waals surface area contributed by atoms with Gasteiger partial charge in [0.1, 0.15) is 4.90 Å². The van der Waals surface area contributed by atoms with Crippen LogP contribution in [-0.4, -0.2) is 24.7 Å². The molecule has 108 valence electrons. The van der Waals surface area contributed by atoms with Crippen LogP contribution in [0.2, 0.25) is 0 Å². The van der Waals surface area contributed by atoms with Crippen LogP contribution >= 0.6 is 0 Å². The van der Waals surface area contributed by atoms with Crippen LogP contribution < -0.4 is 4.72 Å². The largest absolute Gasteiger partial charge is 0.284 e. The maximum Gasteiger partial charge on any atom is 0.243 e. The van der Waals surface area contributed by atoms with Crippen LogP contribution in [0.4, 0.5) is 0 Å². The third-order valence-electron chi connectivity index (χ3n) is 4.11. The average Bonchev–Trinajstić information content (AvgIpc) is 2.81. The van der Waals surface area contributed by atoms with E-state index in [0.717, 1.165) is 12.8 Å². The molecule has 0 aromatic carbocycles. The molecule has 0 radical (unpaired) electrons. The van der Waals surface area contributed by atoms with Crippen LogP contribution in [0.5, 0.6) is 0 Å². The Labute approximate surface area is 115 Å².